The molecule has 1 heterocycles. The Labute approximate surface area is 125 Å². The average Bonchev–Trinajstić information content (AvgIpc) is 2.41. The fraction of sp³-hybridized carbons (Fsp3) is 0. The summed E-state index contributed by atoms with van der Waals surface area (Å²) in [5.41, 5.74) is 1.27. The molecule has 0 aliphatic heterocycles. The summed E-state index contributed by atoms with van der Waals surface area (Å²) in [4.78, 5) is 15.8. The lowest BCUT2D eigenvalue weighted by Gasteiger charge is -1.99. The maximum atomic E-state index is 11.9. The summed E-state index contributed by atoms with van der Waals surface area (Å²) >= 11 is 17.3. The van der Waals surface area contributed by atoms with Crippen molar-refractivity contribution in [3.63, 3.8) is 0 Å². The van der Waals surface area contributed by atoms with E-state index in [9.17, 15) is 4.79 Å². The zero-order chi connectivity index (χ0) is 13.8. The summed E-state index contributed by atoms with van der Waals surface area (Å²) in [5.74, 6) is -0.159. The molecule has 0 aliphatic carbocycles. The first-order valence-corrected chi connectivity index (χ1v) is 6.48. The zero-order valence-corrected chi connectivity index (χ0v) is 11.9. The van der Waals surface area contributed by atoms with Crippen molar-refractivity contribution in [2.75, 3.05) is 0 Å². The van der Waals surface area contributed by atoms with Crippen molar-refractivity contribution >= 4 is 46.7 Å². The maximum absolute atomic E-state index is 11.9. The summed E-state index contributed by atoms with van der Waals surface area (Å²) < 4.78 is 0. The minimum Gasteiger partial charge on any atom is -0.289 e. The molecule has 0 aliphatic rings. The van der Waals surface area contributed by atoms with E-state index in [1.165, 1.54) is 12.1 Å². The van der Waals surface area contributed by atoms with E-state index >= 15 is 0 Å². The summed E-state index contributed by atoms with van der Waals surface area (Å²) in [6.07, 6.45) is 4.69. The van der Waals surface area contributed by atoms with E-state index in [4.69, 9.17) is 34.8 Å². The third kappa shape index (κ3) is 3.80. The van der Waals surface area contributed by atoms with E-state index in [1.54, 1.807) is 36.5 Å². The fourth-order valence-corrected chi connectivity index (χ4v) is 1.81. The minimum absolute atomic E-state index is 0.159. The lowest BCUT2D eigenvalue weighted by Crippen LogP contribution is -1.93. The van der Waals surface area contributed by atoms with Crippen molar-refractivity contribution < 1.29 is 4.79 Å². The molecule has 2 nitrogen and oxygen atoms in total. The largest absolute Gasteiger partial charge is 0.289 e. The first kappa shape index (κ1) is 14.1. The third-order valence-corrected chi connectivity index (χ3v) is 3.34. The molecule has 0 radical (unpaired) electrons. The molecule has 0 atom stereocenters. The second-order valence-corrected chi connectivity index (χ2v) is 4.94. The molecule has 2 aromatic rings. The van der Waals surface area contributed by atoms with Crippen molar-refractivity contribution in [2.45, 2.75) is 0 Å². The van der Waals surface area contributed by atoms with Crippen molar-refractivity contribution in [2.24, 2.45) is 0 Å². The number of allylic oxidation sites excluding steroid dienone is 1. The van der Waals surface area contributed by atoms with Crippen LogP contribution in [0.4, 0.5) is 0 Å². The maximum Gasteiger partial charge on any atom is 0.185 e. The predicted octanol–water partition coefficient (Wildman–Crippen LogP) is 4.94. The number of aromatic nitrogens is 1. The number of carbonyl (C=O) groups excluding carboxylic acids is 1. The highest BCUT2D eigenvalue weighted by molar-refractivity contribution is 6.42. The Bertz CT molecular complexity index is 636. The standard InChI is InChI=1S/C14H8Cl3NO/c15-11-4-3-10(7-12(11)16)13(19)5-1-9-2-6-14(17)18-8-9/h1-8H/b5-1+. The second kappa shape index (κ2) is 6.20. The molecule has 2 rings (SSSR count). The normalized spacial score (nSPS) is 10.9. The van der Waals surface area contributed by atoms with Crippen LogP contribution in [0.3, 0.4) is 0 Å². The summed E-state index contributed by atoms with van der Waals surface area (Å²) in [7, 11) is 0. The number of benzene rings is 1. The molecule has 96 valence electrons. The molecule has 5 heteroatoms. The second-order valence-electron chi connectivity index (χ2n) is 3.74. The van der Waals surface area contributed by atoms with Crippen LogP contribution in [0, 0.1) is 0 Å². The summed E-state index contributed by atoms with van der Waals surface area (Å²) in [5, 5.41) is 1.19. The molecule has 19 heavy (non-hydrogen) atoms. The zero-order valence-electron chi connectivity index (χ0n) is 9.61. The molecule has 0 N–H and O–H groups in total. The number of rotatable bonds is 3. The quantitative estimate of drug-likeness (QED) is 0.456. The van der Waals surface area contributed by atoms with Gasteiger partial charge in [-0.1, -0.05) is 40.9 Å². The highest BCUT2D eigenvalue weighted by atomic mass is 35.5. The predicted molar refractivity (Wildman–Crippen MR) is 79.1 cm³/mol. The SMILES string of the molecule is O=C(/C=C/c1ccc(Cl)nc1)c1ccc(Cl)c(Cl)c1. The van der Waals surface area contributed by atoms with Crippen LogP contribution in [0.15, 0.2) is 42.6 Å². The Morgan fingerprint density at radius 1 is 1.05 bits per heavy atom. The van der Waals surface area contributed by atoms with Crippen LogP contribution in [-0.2, 0) is 0 Å². The minimum atomic E-state index is -0.159. The number of pyridine rings is 1. The van der Waals surface area contributed by atoms with Gasteiger partial charge in [-0.25, -0.2) is 4.98 Å². The number of carbonyl (C=O) groups is 1. The fourth-order valence-electron chi connectivity index (χ4n) is 1.40. The molecule has 0 saturated carbocycles. The molecule has 0 unspecified atom stereocenters. The highest BCUT2D eigenvalue weighted by Crippen LogP contribution is 2.23. The molecule has 0 amide bonds. The number of halogens is 3. The molecule has 1 aromatic carbocycles. The lowest BCUT2D eigenvalue weighted by atomic mass is 10.1. The Morgan fingerprint density at radius 3 is 2.47 bits per heavy atom. The first-order chi connectivity index (χ1) is 9.06. The van der Waals surface area contributed by atoms with Gasteiger partial charge < -0.3 is 0 Å². The van der Waals surface area contributed by atoms with Crippen LogP contribution in [0.1, 0.15) is 15.9 Å². The van der Waals surface area contributed by atoms with Crippen LogP contribution < -0.4 is 0 Å². The van der Waals surface area contributed by atoms with Crippen LogP contribution in [0.25, 0.3) is 6.08 Å². The van der Waals surface area contributed by atoms with Gasteiger partial charge in [0, 0.05) is 11.8 Å². The number of ketones is 1. The van der Waals surface area contributed by atoms with Gasteiger partial charge in [0.05, 0.1) is 10.0 Å². The van der Waals surface area contributed by atoms with Crippen molar-refractivity contribution in [1.29, 1.82) is 0 Å². The monoisotopic (exact) mass is 311 g/mol. The number of hydrogen-bond donors (Lipinski definition) is 0. The van der Waals surface area contributed by atoms with Gasteiger partial charge in [-0.3, -0.25) is 4.79 Å². The highest BCUT2D eigenvalue weighted by Gasteiger charge is 2.05. The smallest absolute Gasteiger partial charge is 0.185 e. The van der Waals surface area contributed by atoms with E-state index in [-0.39, 0.29) is 5.78 Å². The first-order valence-electron chi connectivity index (χ1n) is 5.35. The molecular formula is C14H8Cl3NO. The molecule has 0 spiro atoms. The Kier molecular flexibility index (Phi) is 4.59. The number of nitrogens with zero attached hydrogens (tertiary/aromatic N) is 1. The van der Waals surface area contributed by atoms with Gasteiger partial charge in [0.25, 0.3) is 0 Å². The van der Waals surface area contributed by atoms with E-state index in [1.807, 2.05) is 0 Å². The lowest BCUT2D eigenvalue weighted by molar-refractivity contribution is 0.104. The van der Waals surface area contributed by atoms with Crippen molar-refractivity contribution in [3.05, 3.63) is 68.9 Å². The molecule has 0 bridgehead atoms. The van der Waals surface area contributed by atoms with Gasteiger partial charge >= 0.3 is 0 Å². The Morgan fingerprint density at radius 2 is 1.84 bits per heavy atom. The van der Waals surface area contributed by atoms with E-state index in [0.29, 0.717) is 20.8 Å². The third-order valence-electron chi connectivity index (χ3n) is 2.38. The number of hydrogen-bond acceptors (Lipinski definition) is 2. The van der Waals surface area contributed by atoms with Gasteiger partial charge in [-0.15, -0.1) is 0 Å². The Hall–Kier alpha value is -1.35. The van der Waals surface area contributed by atoms with E-state index in [2.05, 4.69) is 4.98 Å². The van der Waals surface area contributed by atoms with Crippen LogP contribution >= 0.6 is 34.8 Å². The van der Waals surface area contributed by atoms with E-state index in [0.717, 1.165) is 5.56 Å². The van der Waals surface area contributed by atoms with Gasteiger partial charge in [0.1, 0.15) is 5.15 Å². The molecule has 0 fully saturated rings. The summed E-state index contributed by atoms with van der Waals surface area (Å²) in [6.45, 7) is 0. The van der Waals surface area contributed by atoms with Crippen LogP contribution in [-0.4, -0.2) is 10.8 Å². The topological polar surface area (TPSA) is 30.0 Å². The molecule has 0 saturated heterocycles. The van der Waals surface area contributed by atoms with Crippen molar-refractivity contribution in [1.82, 2.24) is 4.98 Å². The Balaban J connectivity index is 2.16. The average molecular weight is 313 g/mol. The van der Waals surface area contributed by atoms with Gasteiger partial charge in [-0.05, 0) is 42.0 Å². The molecule has 1 aromatic heterocycles. The van der Waals surface area contributed by atoms with Gasteiger partial charge in [-0.2, -0.15) is 0 Å². The van der Waals surface area contributed by atoms with Crippen LogP contribution in [0.2, 0.25) is 15.2 Å². The van der Waals surface area contributed by atoms with Gasteiger partial charge in [0.15, 0.2) is 5.78 Å². The molecular weight excluding hydrogens is 305 g/mol. The van der Waals surface area contributed by atoms with Crippen LogP contribution in [0.5, 0.6) is 0 Å². The van der Waals surface area contributed by atoms with Crippen molar-refractivity contribution in [3.8, 4) is 0 Å². The summed E-state index contributed by atoms with van der Waals surface area (Å²) in [6, 6.07) is 8.19. The van der Waals surface area contributed by atoms with Gasteiger partial charge in [0.2, 0.25) is 0 Å². The van der Waals surface area contributed by atoms with E-state index < -0.39 is 0 Å².